The Morgan fingerprint density at radius 1 is 1.60 bits per heavy atom. The predicted molar refractivity (Wildman–Crippen MR) is 83.4 cm³/mol. The fourth-order valence-electron chi connectivity index (χ4n) is 2.76. The van der Waals surface area contributed by atoms with Gasteiger partial charge in [0, 0.05) is 13.1 Å². The monoisotopic (exact) mass is 295 g/mol. The molecule has 1 aromatic heterocycles. The number of aromatic nitrogens is 1. The van der Waals surface area contributed by atoms with Crippen LogP contribution in [0.3, 0.4) is 0 Å². The van der Waals surface area contributed by atoms with Gasteiger partial charge in [0.2, 0.25) is 0 Å². The van der Waals surface area contributed by atoms with Crippen molar-refractivity contribution in [3.8, 4) is 0 Å². The molecule has 1 saturated heterocycles. The second-order valence-corrected chi connectivity index (χ2v) is 6.69. The zero-order chi connectivity index (χ0) is 14.5. The van der Waals surface area contributed by atoms with Crippen LogP contribution < -0.4 is 5.32 Å². The third-order valence-corrected chi connectivity index (χ3v) is 4.79. The number of hydrogen-bond donors (Lipinski definition) is 1. The molecule has 0 spiro atoms. The molecular weight excluding hydrogens is 270 g/mol. The van der Waals surface area contributed by atoms with Gasteiger partial charge in [-0.25, -0.2) is 4.98 Å². The van der Waals surface area contributed by atoms with Crippen LogP contribution in [0.4, 0.5) is 0 Å². The summed E-state index contributed by atoms with van der Waals surface area (Å²) in [6.45, 7) is 10.6. The van der Waals surface area contributed by atoms with E-state index in [2.05, 4.69) is 36.0 Å². The summed E-state index contributed by atoms with van der Waals surface area (Å²) in [5.74, 6) is 0.931. The molecule has 5 heteroatoms. The summed E-state index contributed by atoms with van der Waals surface area (Å²) in [7, 11) is 0. The standard InChI is InChI=1S/C15H25N3OS/c1-4-18-7-5-6-12(9-18)8-16-15(19)14-13(11(2)3)17-10-20-14/h10-12H,4-9H2,1-3H3,(H,16,19). The first kappa shape index (κ1) is 15.4. The molecule has 1 aliphatic rings. The van der Waals surface area contributed by atoms with E-state index < -0.39 is 0 Å². The third kappa shape index (κ3) is 3.79. The van der Waals surface area contributed by atoms with Gasteiger partial charge in [0.15, 0.2) is 0 Å². The van der Waals surface area contributed by atoms with Gasteiger partial charge in [-0.05, 0) is 37.8 Å². The molecule has 2 rings (SSSR count). The van der Waals surface area contributed by atoms with E-state index in [1.807, 2.05) is 0 Å². The van der Waals surface area contributed by atoms with E-state index >= 15 is 0 Å². The van der Waals surface area contributed by atoms with Crippen molar-refractivity contribution in [1.82, 2.24) is 15.2 Å². The minimum absolute atomic E-state index is 0.0461. The lowest BCUT2D eigenvalue weighted by Gasteiger charge is -2.31. The smallest absolute Gasteiger partial charge is 0.263 e. The van der Waals surface area contributed by atoms with E-state index in [-0.39, 0.29) is 5.91 Å². The maximum atomic E-state index is 12.3. The molecule has 1 amide bonds. The first-order valence-corrected chi connectivity index (χ1v) is 8.43. The van der Waals surface area contributed by atoms with E-state index in [9.17, 15) is 4.79 Å². The van der Waals surface area contributed by atoms with Crippen LogP contribution in [0.2, 0.25) is 0 Å². The van der Waals surface area contributed by atoms with Gasteiger partial charge in [0.05, 0.1) is 11.2 Å². The minimum atomic E-state index is 0.0461. The average molecular weight is 295 g/mol. The molecule has 112 valence electrons. The quantitative estimate of drug-likeness (QED) is 0.908. The molecule has 1 N–H and O–H groups in total. The minimum Gasteiger partial charge on any atom is -0.351 e. The van der Waals surface area contributed by atoms with Gasteiger partial charge in [-0.15, -0.1) is 11.3 Å². The fraction of sp³-hybridized carbons (Fsp3) is 0.733. The molecule has 1 fully saturated rings. The maximum Gasteiger partial charge on any atom is 0.263 e. The van der Waals surface area contributed by atoms with Crippen molar-refractivity contribution in [3.63, 3.8) is 0 Å². The summed E-state index contributed by atoms with van der Waals surface area (Å²) >= 11 is 1.44. The third-order valence-electron chi connectivity index (χ3n) is 3.95. The first-order chi connectivity index (χ1) is 9.61. The Labute approximate surface area is 125 Å². The zero-order valence-electron chi connectivity index (χ0n) is 12.7. The Morgan fingerprint density at radius 3 is 3.10 bits per heavy atom. The number of likely N-dealkylation sites (tertiary alicyclic amines) is 1. The Kier molecular flexibility index (Phi) is 5.54. The highest BCUT2D eigenvalue weighted by molar-refractivity contribution is 7.11. The predicted octanol–water partition coefficient (Wildman–Crippen LogP) is 2.73. The molecule has 1 atom stereocenters. The largest absolute Gasteiger partial charge is 0.351 e. The molecule has 20 heavy (non-hydrogen) atoms. The van der Waals surface area contributed by atoms with Crippen LogP contribution in [0.15, 0.2) is 5.51 Å². The fourth-order valence-corrected chi connectivity index (χ4v) is 3.62. The number of thiazole rings is 1. The summed E-state index contributed by atoms with van der Waals surface area (Å²) < 4.78 is 0. The number of nitrogens with zero attached hydrogens (tertiary/aromatic N) is 2. The number of hydrogen-bond acceptors (Lipinski definition) is 4. The van der Waals surface area contributed by atoms with Crippen LogP contribution in [-0.2, 0) is 0 Å². The van der Waals surface area contributed by atoms with Crippen LogP contribution in [0.5, 0.6) is 0 Å². The summed E-state index contributed by atoms with van der Waals surface area (Å²) in [5, 5.41) is 3.10. The highest BCUT2D eigenvalue weighted by Gasteiger charge is 2.21. The second-order valence-electron chi connectivity index (χ2n) is 5.83. The van der Waals surface area contributed by atoms with Crippen molar-refractivity contribution in [2.24, 2.45) is 5.92 Å². The lowest BCUT2D eigenvalue weighted by atomic mass is 9.98. The lowest BCUT2D eigenvalue weighted by Crippen LogP contribution is -2.40. The summed E-state index contributed by atoms with van der Waals surface area (Å²) in [6, 6.07) is 0. The van der Waals surface area contributed by atoms with E-state index in [0.717, 1.165) is 30.2 Å². The lowest BCUT2D eigenvalue weighted by molar-refractivity contribution is 0.0936. The van der Waals surface area contributed by atoms with Crippen LogP contribution in [0, 0.1) is 5.92 Å². The van der Waals surface area contributed by atoms with Gasteiger partial charge in [-0.3, -0.25) is 4.79 Å². The average Bonchev–Trinajstić information content (AvgIpc) is 2.94. The molecule has 0 aliphatic carbocycles. The number of rotatable bonds is 5. The van der Waals surface area contributed by atoms with Crippen molar-refractivity contribution in [2.45, 2.75) is 39.5 Å². The number of amides is 1. The summed E-state index contributed by atoms with van der Waals surface area (Å²) in [6.07, 6.45) is 2.46. The van der Waals surface area contributed by atoms with Gasteiger partial charge < -0.3 is 10.2 Å². The van der Waals surface area contributed by atoms with Crippen LogP contribution >= 0.6 is 11.3 Å². The summed E-state index contributed by atoms with van der Waals surface area (Å²) in [5.41, 5.74) is 2.69. The molecule has 2 heterocycles. The van der Waals surface area contributed by atoms with Crippen molar-refractivity contribution in [2.75, 3.05) is 26.2 Å². The van der Waals surface area contributed by atoms with E-state index in [0.29, 0.717) is 11.8 Å². The molecule has 0 radical (unpaired) electrons. The molecular formula is C15H25N3OS. The van der Waals surface area contributed by atoms with Crippen molar-refractivity contribution in [1.29, 1.82) is 0 Å². The Morgan fingerprint density at radius 2 is 2.40 bits per heavy atom. The molecule has 1 aromatic rings. The highest BCUT2D eigenvalue weighted by Crippen LogP contribution is 2.22. The van der Waals surface area contributed by atoms with Crippen LogP contribution in [0.25, 0.3) is 0 Å². The first-order valence-electron chi connectivity index (χ1n) is 7.55. The van der Waals surface area contributed by atoms with E-state index in [4.69, 9.17) is 0 Å². The molecule has 1 aliphatic heterocycles. The van der Waals surface area contributed by atoms with E-state index in [1.54, 1.807) is 5.51 Å². The molecule has 4 nitrogen and oxygen atoms in total. The Bertz CT molecular complexity index is 444. The maximum absolute atomic E-state index is 12.3. The van der Waals surface area contributed by atoms with Crippen molar-refractivity contribution in [3.05, 3.63) is 16.1 Å². The number of carbonyl (C=O) groups excluding carboxylic acids is 1. The number of piperidine rings is 1. The van der Waals surface area contributed by atoms with Crippen LogP contribution in [-0.4, -0.2) is 42.0 Å². The molecule has 0 bridgehead atoms. The number of nitrogens with one attached hydrogen (secondary N) is 1. The summed E-state index contributed by atoms with van der Waals surface area (Å²) in [4.78, 5) is 19.8. The van der Waals surface area contributed by atoms with E-state index in [1.165, 1.54) is 30.7 Å². The number of carbonyl (C=O) groups is 1. The van der Waals surface area contributed by atoms with Crippen molar-refractivity contribution >= 4 is 17.2 Å². The van der Waals surface area contributed by atoms with Gasteiger partial charge in [-0.1, -0.05) is 20.8 Å². The van der Waals surface area contributed by atoms with Gasteiger partial charge >= 0.3 is 0 Å². The second kappa shape index (κ2) is 7.18. The zero-order valence-corrected chi connectivity index (χ0v) is 13.5. The van der Waals surface area contributed by atoms with Gasteiger partial charge in [0.1, 0.15) is 4.88 Å². The molecule has 1 unspecified atom stereocenters. The topological polar surface area (TPSA) is 45.2 Å². The molecule has 0 aromatic carbocycles. The molecule has 0 saturated carbocycles. The Balaban J connectivity index is 1.87. The van der Waals surface area contributed by atoms with Crippen LogP contribution in [0.1, 0.15) is 54.9 Å². The van der Waals surface area contributed by atoms with Crippen molar-refractivity contribution < 1.29 is 4.79 Å². The normalized spacial score (nSPS) is 20.3. The van der Waals surface area contributed by atoms with Gasteiger partial charge in [-0.2, -0.15) is 0 Å². The SMILES string of the molecule is CCN1CCCC(CNC(=O)c2scnc2C(C)C)C1. The highest BCUT2D eigenvalue weighted by atomic mass is 32.1. The Hall–Kier alpha value is -0.940. The van der Waals surface area contributed by atoms with Gasteiger partial charge in [0.25, 0.3) is 5.91 Å².